The quantitative estimate of drug-likeness (QED) is 0.576. The maximum Gasteiger partial charge on any atom is 0.0723 e. The molecule has 0 N–H and O–H groups in total. The predicted molar refractivity (Wildman–Crippen MR) is 45.3 cm³/mol. The van der Waals surface area contributed by atoms with Gasteiger partial charge in [0.05, 0.1) is 6.61 Å². The summed E-state index contributed by atoms with van der Waals surface area (Å²) in [4.78, 5) is 5.25. The number of hydrogen-bond donors (Lipinski definition) is 0. The van der Waals surface area contributed by atoms with E-state index in [1.165, 1.54) is 0 Å². The molecule has 11 heavy (non-hydrogen) atoms. The molecule has 3 heteroatoms. The van der Waals surface area contributed by atoms with Crippen molar-refractivity contribution < 1.29 is 9.57 Å². The summed E-state index contributed by atoms with van der Waals surface area (Å²) in [6.07, 6.45) is 0. The van der Waals surface area contributed by atoms with Gasteiger partial charge in [-0.15, -0.1) is 0 Å². The lowest BCUT2D eigenvalue weighted by Crippen LogP contribution is -2.17. The molecule has 0 unspecified atom stereocenters. The number of rotatable bonds is 1. The van der Waals surface area contributed by atoms with Crippen molar-refractivity contribution in [2.45, 2.75) is 13.8 Å². The van der Waals surface area contributed by atoms with Crippen LogP contribution >= 0.6 is 0 Å². The Morgan fingerprint density at radius 1 is 1.55 bits per heavy atom. The van der Waals surface area contributed by atoms with Gasteiger partial charge in [0.1, 0.15) is 0 Å². The first kappa shape index (κ1) is 10.9. The smallest absolute Gasteiger partial charge is 0.0723 e. The monoisotopic (exact) mass is 161 g/mol. The van der Waals surface area contributed by atoms with Gasteiger partial charge in [-0.1, -0.05) is 13.8 Å². The second kappa shape index (κ2) is 6.58. The van der Waals surface area contributed by atoms with E-state index >= 15 is 0 Å². The Labute approximate surface area is 69.2 Å². The lowest BCUT2D eigenvalue weighted by Gasteiger charge is -2.08. The highest BCUT2D eigenvalue weighted by atomic mass is 16.7. The molecule has 3 nitrogen and oxygen atoms in total. The van der Waals surface area contributed by atoms with Crippen molar-refractivity contribution in [3.63, 3.8) is 0 Å². The van der Waals surface area contributed by atoms with Gasteiger partial charge in [-0.2, -0.15) is 5.06 Å². The third-order valence-corrected chi connectivity index (χ3v) is 1.41. The molecule has 1 rings (SSSR count). The zero-order valence-corrected chi connectivity index (χ0v) is 7.96. The molecule has 1 aliphatic rings. The Morgan fingerprint density at radius 2 is 2.09 bits per heavy atom. The Morgan fingerprint density at radius 3 is 2.27 bits per heavy atom. The SMILES string of the molecule is CCN1C[C@@H](C)CO1.COC. The van der Waals surface area contributed by atoms with E-state index in [0.29, 0.717) is 0 Å². The second-order valence-electron chi connectivity index (χ2n) is 2.79. The first-order valence-electron chi connectivity index (χ1n) is 4.02. The van der Waals surface area contributed by atoms with Crippen LogP contribution in [0, 0.1) is 5.92 Å². The van der Waals surface area contributed by atoms with E-state index in [1.807, 2.05) is 5.06 Å². The summed E-state index contributed by atoms with van der Waals surface area (Å²) in [7, 11) is 3.25. The maximum atomic E-state index is 5.25. The highest BCUT2D eigenvalue weighted by molar-refractivity contribution is 4.59. The summed E-state index contributed by atoms with van der Waals surface area (Å²) in [6, 6.07) is 0. The Hall–Kier alpha value is -0.120. The summed E-state index contributed by atoms with van der Waals surface area (Å²) >= 11 is 0. The standard InChI is InChI=1S/C6H13NO.C2H6O/c1-3-7-4-6(2)5-8-7;1-3-2/h6H,3-5H2,1-2H3;1-2H3/t6-;/m1./s1. The zero-order chi connectivity index (χ0) is 8.69. The molecule has 1 atom stereocenters. The van der Waals surface area contributed by atoms with Crippen molar-refractivity contribution in [1.82, 2.24) is 5.06 Å². The fourth-order valence-electron chi connectivity index (χ4n) is 0.906. The fraction of sp³-hybridized carbons (Fsp3) is 1.00. The Kier molecular flexibility index (Phi) is 6.51. The highest BCUT2D eigenvalue weighted by Gasteiger charge is 2.16. The van der Waals surface area contributed by atoms with Crippen LogP contribution in [0.2, 0.25) is 0 Å². The first-order chi connectivity index (χ1) is 5.24. The normalized spacial score (nSPS) is 24.5. The van der Waals surface area contributed by atoms with Crippen LogP contribution in [0.25, 0.3) is 0 Å². The van der Waals surface area contributed by atoms with E-state index in [-0.39, 0.29) is 0 Å². The Bertz CT molecular complexity index is 88.2. The predicted octanol–water partition coefficient (Wildman–Crippen LogP) is 1.15. The molecular weight excluding hydrogens is 142 g/mol. The van der Waals surface area contributed by atoms with Crippen LogP contribution in [0.1, 0.15) is 13.8 Å². The number of ether oxygens (including phenoxy) is 1. The minimum absolute atomic E-state index is 0.731. The van der Waals surface area contributed by atoms with Crippen molar-refractivity contribution >= 4 is 0 Å². The summed E-state index contributed by atoms with van der Waals surface area (Å²) in [5.41, 5.74) is 0. The van der Waals surface area contributed by atoms with E-state index in [4.69, 9.17) is 4.84 Å². The van der Waals surface area contributed by atoms with E-state index < -0.39 is 0 Å². The number of hydrogen-bond acceptors (Lipinski definition) is 3. The minimum Gasteiger partial charge on any atom is -0.388 e. The van der Waals surface area contributed by atoms with Crippen molar-refractivity contribution in [2.24, 2.45) is 5.92 Å². The van der Waals surface area contributed by atoms with Gasteiger partial charge in [-0.05, 0) is 5.92 Å². The number of hydroxylamine groups is 2. The number of nitrogens with zero attached hydrogens (tertiary/aromatic N) is 1. The average Bonchev–Trinajstić information content (AvgIpc) is 2.37. The van der Waals surface area contributed by atoms with Gasteiger partial charge < -0.3 is 4.74 Å². The minimum atomic E-state index is 0.731. The van der Waals surface area contributed by atoms with Gasteiger partial charge in [0.2, 0.25) is 0 Å². The van der Waals surface area contributed by atoms with E-state index in [2.05, 4.69) is 18.6 Å². The molecule has 0 saturated carbocycles. The maximum absolute atomic E-state index is 5.25. The van der Waals surface area contributed by atoms with Gasteiger partial charge in [-0.3, -0.25) is 4.84 Å². The van der Waals surface area contributed by atoms with E-state index in [9.17, 15) is 0 Å². The average molecular weight is 161 g/mol. The Balaban J connectivity index is 0.000000292. The number of methoxy groups -OCH3 is 1. The molecule has 1 fully saturated rings. The third kappa shape index (κ3) is 5.18. The molecule has 0 radical (unpaired) electrons. The van der Waals surface area contributed by atoms with Crippen molar-refractivity contribution in [3.8, 4) is 0 Å². The molecule has 68 valence electrons. The molecule has 1 heterocycles. The van der Waals surface area contributed by atoms with Crippen LogP contribution in [0.4, 0.5) is 0 Å². The molecule has 0 aliphatic carbocycles. The van der Waals surface area contributed by atoms with Gasteiger partial charge in [0.15, 0.2) is 0 Å². The molecular formula is C8H19NO2. The largest absolute Gasteiger partial charge is 0.388 e. The first-order valence-corrected chi connectivity index (χ1v) is 4.02. The van der Waals surface area contributed by atoms with Crippen LogP contribution in [0.15, 0.2) is 0 Å². The molecule has 0 amide bonds. The van der Waals surface area contributed by atoms with Gasteiger partial charge in [0.25, 0.3) is 0 Å². The van der Waals surface area contributed by atoms with Crippen LogP contribution in [0.3, 0.4) is 0 Å². The second-order valence-corrected chi connectivity index (χ2v) is 2.79. The van der Waals surface area contributed by atoms with Crippen LogP contribution in [-0.2, 0) is 9.57 Å². The van der Waals surface area contributed by atoms with Crippen molar-refractivity contribution in [3.05, 3.63) is 0 Å². The van der Waals surface area contributed by atoms with Crippen LogP contribution in [0.5, 0.6) is 0 Å². The van der Waals surface area contributed by atoms with Gasteiger partial charge in [-0.25, -0.2) is 0 Å². The fourth-order valence-corrected chi connectivity index (χ4v) is 0.906. The molecule has 0 spiro atoms. The van der Waals surface area contributed by atoms with Gasteiger partial charge in [0, 0.05) is 27.3 Å². The topological polar surface area (TPSA) is 21.7 Å². The van der Waals surface area contributed by atoms with Gasteiger partial charge >= 0.3 is 0 Å². The molecule has 1 aliphatic heterocycles. The zero-order valence-electron chi connectivity index (χ0n) is 7.96. The van der Waals surface area contributed by atoms with Crippen molar-refractivity contribution in [2.75, 3.05) is 33.9 Å². The summed E-state index contributed by atoms with van der Waals surface area (Å²) in [6.45, 7) is 7.35. The lowest BCUT2D eigenvalue weighted by molar-refractivity contribution is -0.105. The molecule has 0 aromatic heterocycles. The van der Waals surface area contributed by atoms with E-state index in [0.717, 1.165) is 25.6 Å². The van der Waals surface area contributed by atoms with Crippen molar-refractivity contribution in [1.29, 1.82) is 0 Å². The molecule has 0 aromatic carbocycles. The lowest BCUT2D eigenvalue weighted by atomic mass is 10.2. The van der Waals surface area contributed by atoms with Crippen LogP contribution in [-0.4, -0.2) is 39.0 Å². The summed E-state index contributed by atoms with van der Waals surface area (Å²) in [5.74, 6) is 0.731. The molecule has 0 bridgehead atoms. The summed E-state index contributed by atoms with van der Waals surface area (Å²) in [5, 5.41) is 2.00. The summed E-state index contributed by atoms with van der Waals surface area (Å²) < 4.78 is 4.25. The molecule has 1 saturated heterocycles. The highest BCUT2D eigenvalue weighted by Crippen LogP contribution is 2.09. The van der Waals surface area contributed by atoms with E-state index in [1.54, 1.807) is 14.2 Å². The molecule has 0 aromatic rings. The third-order valence-electron chi connectivity index (χ3n) is 1.41. The van der Waals surface area contributed by atoms with Crippen LogP contribution < -0.4 is 0 Å².